The summed E-state index contributed by atoms with van der Waals surface area (Å²) in [6.45, 7) is 1.86. The summed E-state index contributed by atoms with van der Waals surface area (Å²) in [6.07, 6.45) is 4.13. The molecule has 0 bridgehead atoms. The van der Waals surface area contributed by atoms with Crippen LogP contribution in [0.1, 0.15) is 25.9 Å². The average molecular weight is 312 g/mol. The number of carbonyl (C=O) groups is 1. The molecule has 0 aliphatic carbocycles. The Morgan fingerprint density at radius 1 is 1.32 bits per heavy atom. The highest BCUT2D eigenvalue weighted by atomic mass is 32.1. The summed E-state index contributed by atoms with van der Waals surface area (Å²) in [4.78, 5) is 17.5. The first-order valence-corrected chi connectivity index (χ1v) is 7.73. The fourth-order valence-electron chi connectivity index (χ4n) is 2.18. The van der Waals surface area contributed by atoms with Crippen LogP contribution in [0.5, 0.6) is 0 Å². The monoisotopic (exact) mass is 312 g/mol. The molecule has 0 aliphatic rings. The van der Waals surface area contributed by atoms with Crippen molar-refractivity contribution in [2.24, 2.45) is 7.05 Å². The van der Waals surface area contributed by atoms with Crippen molar-refractivity contribution in [3.05, 3.63) is 63.9 Å². The molecule has 112 valence electrons. The Hall–Kier alpha value is -2.47. The van der Waals surface area contributed by atoms with Gasteiger partial charge in [0.05, 0.1) is 22.6 Å². The fourth-order valence-corrected chi connectivity index (χ4v) is 3.18. The number of carbonyl (C=O) groups excluding carboxylic acids is 1. The molecule has 3 rings (SSSR count). The molecule has 6 heteroatoms. The second-order valence-electron chi connectivity index (χ2n) is 5.04. The van der Waals surface area contributed by atoms with Crippen molar-refractivity contribution < 1.29 is 4.79 Å². The van der Waals surface area contributed by atoms with E-state index in [1.165, 1.54) is 16.9 Å². The Kier molecular flexibility index (Phi) is 4.02. The Balaban J connectivity index is 1.75. The zero-order valence-corrected chi connectivity index (χ0v) is 13.2. The van der Waals surface area contributed by atoms with Crippen molar-refractivity contribution in [1.82, 2.24) is 14.8 Å². The highest BCUT2D eigenvalue weighted by Gasteiger charge is 2.16. The molecule has 0 radical (unpaired) electrons. The van der Waals surface area contributed by atoms with Crippen LogP contribution in [-0.2, 0) is 13.5 Å². The van der Waals surface area contributed by atoms with Gasteiger partial charge < -0.3 is 5.32 Å². The van der Waals surface area contributed by atoms with Gasteiger partial charge in [0, 0.05) is 19.7 Å². The predicted molar refractivity (Wildman–Crippen MR) is 87.3 cm³/mol. The topological polar surface area (TPSA) is 59.8 Å². The van der Waals surface area contributed by atoms with E-state index in [1.807, 2.05) is 32.2 Å². The van der Waals surface area contributed by atoms with Crippen molar-refractivity contribution in [2.75, 3.05) is 5.32 Å². The molecule has 0 fully saturated rings. The van der Waals surface area contributed by atoms with Crippen molar-refractivity contribution >= 4 is 22.9 Å². The SMILES string of the molecule is Cc1nc(Cc2ccccc2)sc1C(=O)Nc1cnn(C)c1. The van der Waals surface area contributed by atoms with Crippen molar-refractivity contribution in [2.45, 2.75) is 13.3 Å². The number of aromatic nitrogens is 3. The zero-order valence-electron chi connectivity index (χ0n) is 12.4. The van der Waals surface area contributed by atoms with E-state index in [2.05, 4.69) is 27.5 Å². The van der Waals surface area contributed by atoms with E-state index in [0.717, 1.165) is 17.1 Å². The number of nitrogens with one attached hydrogen (secondary N) is 1. The zero-order chi connectivity index (χ0) is 15.5. The lowest BCUT2D eigenvalue weighted by molar-refractivity contribution is 0.103. The molecule has 3 aromatic rings. The molecule has 0 saturated carbocycles. The number of thiazole rings is 1. The third-order valence-electron chi connectivity index (χ3n) is 3.21. The lowest BCUT2D eigenvalue weighted by atomic mass is 10.2. The van der Waals surface area contributed by atoms with Gasteiger partial charge in [-0.3, -0.25) is 9.48 Å². The van der Waals surface area contributed by atoms with Gasteiger partial charge in [0.1, 0.15) is 4.88 Å². The number of aryl methyl sites for hydroxylation is 2. The average Bonchev–Trinajstić information content (AvgIpc) is 3.06. The van der Waals surface area contributed by atoms with Crippen LogP contribution in [-0.4, -0.2) is 20.7 Å². The van der Waals surface area contributed by atoms with E-state index in [0.29, 0.717) is 10.6 Å². The van der Waals surface area contributed by atoms with E-state index in [-0.39, 0.29) is 5.91 Å². The number of rotatable bonds is 4. The van der Waals surface area contributed by atoms with Crippen molar-refractivity contribution in [3.8, 4) is 0 Å². The molecule has 0 spiro atoms. The lowest BCUT2D eigenvalue weighted by Gasteiger charge is -1.99. The maximum atomic E-state index is 12.3. The fraction of sp³-hybridized carbons (Fsp3) is 0.188. The maximum absolute atomic E-state index is 12.3. The summed E-state index contributed by atoms with van der Waals surface area (Å²) in [5, 5.41) is 7.83. The van der Waals surface area contributed by atoms with E-state index in [4.69, 9.17) is 0 Å². The molecule has 1 N–H and O–H groups in total. The Morgan fingerprint density at radius 3 is 2.77 bits per heavy atom. The highest BCUT2D eigenvalue weighted by Crippen LogP contribution is 2.22. The maximum Gasteiger partial charge on any atom is 0.267 e. The quantitative estimate of drug-likeness (QED) is 0.805. The van der Waals surface area contributed by atoms with Crippen molar-refractivity contribution in [3.63, 3.8) is 0 Å². The van der Waals surface area contributed by atoms with Crippen LogP contribution >= 0.6 is 11.3 Å². The molecule has 1 aromatic carbocycles. The number of hydrogen-bond donors (Lipinski definition) is 1. The second kappa shape index (κ2) is 6.11. The Labute approximate surface area is 132 Å². The first kappa shape index (κ1) is 14.5. The number of anilines is 1. The molecule has 22 heavy (non-hydrogen) atoms. The van der Waals surface area contributed by atoms with Gasteiger partial charge in [-0.2, -0.15) is 5.10 Å². The van der Waals surface area contributed by atoms with E-state index >= 15 is 0 Å². The number of amides is 1. The molecule has 2 heterocycles. The van der Waals surface area contributed by atoms with Gasteiger partial charge in [0.15, 0.2) is 0 Å². The van der Waals surface area contributed by atoms with E-state index in [1.54, 1.807) is 17.1 Å². The van der Waals surface area contributed by atoms with Crippen LogP contribution < -0.4 is 5.32 Å². The minimum atomic E-state index is -0.137. The molecule has 1 amide bonds. The van der Waals surface area contributed by atoms with E-state index in [9.17, 15) is 4.79 Å². The van der Waals surface area contributed by atoms with Gasteiger partial charge in [-0.15, -0.1) is 11.3 Å². The van der Waals surface area contributed by atoms with Crippen LogP contribution in [0.25, 0.3) is 0 Å². The van der Waals surface area contributed by atoms with Gasteiger partial charge in [-0.1, -0.05) is 30.3 Å². The van der Waals surface area contributed by atoms with E-state index < -0.39 is 0 Å². The van der Waals surface area contributed by atoms with Gasteiger partial charge in [-0.05, 0) is 12.5 Å². The van der Waals surface area contributed by atoms with Crippen molar-refractivity contribution in [1.29, 1.82) is 0 Å². The van der Waals surface area contributed by atoms with Gasteiger partial charge in [-0.25, -0.2) is 4.98 Å². The molecule has 0 unspecified atom stereocenters. The lowest BCUT2D eigenvalue weighted by Crippen LogP contribution is -2.10. The third kappa shape index (κ3) is 3.23. The minimum Gasteiger partial charge on any atom is -0.319 e. The summed E-state index contributed by atoms with van der Waals surface area (Å²) < 4.78 is 1.65. The summed E-state index contributed by atoms with van der Waals surface area (Å²) in [5.74, 6) is -0.137. The highest BCUT2D eigenvalue weighted by molar-refractivity contribution is 7.14. The van der Waals surface area contributed by atoms with Gasteiger partial charge in [0.25, 0.3) is 5.91 Å². The minimum absolute atomic E-state index is 0.137. The normalized spacial score (nSPS) is 10.6. The van der Waals surface area contributed by atoms with Gasteiger partial charge in [0.2, 0.25) is 0 Å². The smallest absolute Gasteiger partial charge is 0.267 e. The second-order valence-corrected chi connectivity index (χ2v) is 6.12. The molecule has 0 atom stereocenters. The summed E-state index contributed by atoms with van der Waals surface area (Å²) >= 11 is 1.44. The van der Waals surface area contributed by atoms with Gasteiger partial charge >= 0.3 is 0 Å². The standard InChI is InChI=1S/C16H16N4OS/c1-11-15(16(21)19-13-9-17-20(2)10-13)22-14(18-11)8-12-6-4-3-5-7-12/h3-7,9-10H,8H2,1-2H3,(H,19,21). The predicted octanol–water partition coefficient (Wildman–Crippen LogP) is 3.03. The largest absolute Gasteiger partial charge is 0.319 e. The molecule has 5 nitrogen and oxygen atoms in total. The first-order chi connectivity index (χ1) is 10.6. The number of hydrogen-bond acceptors (Lipinski definition) is 4. The van der Waals surface area contributed by atoms with Crippen LogP contribution in [0, 0.1) is 6.92 Å². The molecular weight excluding hydrogens is 296 g/mol. The Bertz CT molecular complexity index is 792. The number of benzene rings is 1. The molecule has 2 aromatic heterocycles. The molecular formula is C16H16N4OS. The third-order valence-corrected chi connectivity index (χ3v) is 4.36. The number of nitrogens with zero attached hydrogens (tertiary/aromatic N) is 3. The summed E-state index contributed by atoms with van der Waals surface area (Å²) in [5.41, 5.74) is 2.64. The van der Waals surface area contributed by atoms with Crippen LogP contribution in [0.15, 0.2) is 42.7 Å². The van der Waals surface area contributed by atoms with Crippen LogP contribution in [0.3, 0.4) is 0 Å². The van der Waals surface area contributed by atoms with Crippen LogP contribution in [0.2, 0.25) is 0 Å². The summed E-state index contributed by atoms with van der Waals surface area (Å²) in [6, 6.07) is 10.1. The first-order valence-electron chi connectivity index (χ1n) is 6.92. The van der Waals surface area contributed by atoms with Crippen LogP contribution in [0.4, 0.5) is 5.69 Å². The summed E-state index contributed by atoms with van der Waals surface area (Å²) in [7, 11) is 1.81. The molecule has 0 aliphatic heterocycles. The Morgan fingerprint density at radius 2 is 2.09 bits per heavy atom. The molecule has 0 saturated heterocycles.